The molecule has 7 heteroatoms. The highest BCUT2D eigenvalue weighted by Crippen LogP contribution is 2.16. The summed E-state index contributed by atoms with van der Waals surface area (Å²) in [6, 6.07) is 0. The third kappa shape index (κ3) is 1.17. The second-order valence-corrected chi connectivity index (χ2v) is 3.87. The van der Waals surface area contributed by atoms with E-state index in [2.05, 4.69) is 10.2 Å². The molecule has 0 spiro atoms. The van der Waals surface area contributed by atoms with Gasteiger partial charge in [0.25, 0.3) is 5.56 Å². The molecule has 0 saturated heterocycles. The molecule has 2 aromatic heterocycles. The Morgan fingerprint density at radius 1 is 1.19 bits per heavy atom. The number of aromatic nitrogens is 4. The minimum absolute atomic E-state index is 0.337. The fourth-order valence-corrected chi connectivity index (χ4v) is 1.66. The van der Waals surface area contributed by atoms with Crippen molar-refractivity contribution in [2.45, 2.75) is 0 Å². The Morgan fingerprint density at radius 2 is 1.81 bits per heavy atom. The molecular weight excluding hydrogens is 210 g/mol. The predicted octanol–water partition coefficient (Wildman–Crippen LogP) is -0.974. The van der Waals surface area contributed by atoms with Gasteiger partial charge in [0.2, 0.25) is 0 Å². The number of fused-ring (bicyclic) bond motifs is 1. The number of H-pyrrole nitrogens is 1. The first-order valence-corrected chi connectivity index (χ1v) is 4.76. The van der Waals surface area contributed by atoms with Crippen LogP contribution in [0.1, 0.15) is 0 Å². The number of aryl methyl sites for hydroxylation is 1. The topological polar surface area (TPSA) is 75.9 Å². The monoisotopic (exact) mass is 223 g/mol. The molecule has 1 N–H and O–H groups in total. The van der Waals surface area contributed by atoms with Crippen molar-refractivity contribution in [1.82, 2.24) is 19.3 Å². The number of aromatic amines is 1. The number of nitrogens with one attached hydrogen (secondary N) is 1. The second-order valence-electron chi connectivity index (χ2n) is 3.87. The molecule has 0 unspecified atom stereocenters. The van der Waals surface area contributed by atoms with Gasteiger partial charge in [-0.05, 0) is 0 Å². The van der Waals surface area contributed by atoms with Crippen LogP contribution in [-0.2, 0) is 14.1 Å². The lowest BCUT2D eigenvalue weighted by Gasteiger charge is -2.08. The van der Waals surface area contributed by atoms with Gasteiger partial charge in [-0.15, -0.1) is 0 Å². The van der Waals surface area contributed by atoms with E-state index in [-0.39, 0.29) is 11.2 Å². The molecule has 2 aromatic rings. The summed E-state index contributed by atoms with van der Waals surface area (Å²) in [5.74, 6) is 0.534. The van der Waals surface area contributed by atoms with E-state index >= 15 is 0 Å². The molecule has 0 amide bonds. The molecular formula is C9H13N5O2. The zero-order valence-corrected chi connectivity index (χ0v) is 9.61. The molecule has 0 radical (unpaired) electrons. The van der Waals surface area contributed by atoms with Crippen LogP contribution in [0.3, 0.4) is 0 Å². The van der Waals surface area contributed by atoms with Crippen LogP contribution in [0.25, 0.3) is 11.0 Å². The zero-order valence-electron chi connectivity index (χ0n) is 9.61. The molecule has 0 aliphatic rings. The minimum Gasteiger partial charge on any atom is -0.361 e. The van der Waals surface area contributed by atoms with Crippen LogP contribution in [0.2, 0.25) is 0 Å². The van der Waals surface area contributed by atoms with Gasteiger partial charge in [-0.25, -0.2) is 4.79 Å². The maximum Gasteiger partial charge on any atom is 0.332 e. The van der Waals surface area contributed by atoms with Crippen LogP contribution in [0.4, 0.5) is 5.82 Å². The van der Waals surface area contributed by atoms with Crippen LogP contribution in [0.5, 0.6) is 0 Å². The Kier molecular flexibility index (Phi) is 2.11. The number of nitrogens with zero attached hydrogens (tertiary/aromatic N) is 4. The maximum atomic E-state index is 12.0. The smallest absolute Gasteiger partial charge is 0.332 e. The molecule has 7 nitrogen and oxygen atoms in total. The molecule has 2 rings (SSSR count). The highest BCUT2D eigenvalue weighted by molar-refractivity contribution is 5.86. The summed E-state index contributed by atoms with van der Waals surface area (Å²) in [4.78, 5) is 25.3. The lowest BCUT2D eigenvalue weighted by Crippen LogP contribution is -2.37. The van der Waals surface area contributed by atoms with Gasteiger partial charge in [0.1, 0.15) is 11.0 Å². The quantitative estimate of drug-likeness (QED) is 0.674. The summed E-state index contributed by atoms with van der Waals surface area (Å²) in [5, 5.41) is 7.16. The van der Waals surface area contributed by atoms with Gasteiger partial charge >= 0.3 is 5.69 Å². The van der Waals surface area contributed by atoms with Crippen molar-refractivity contribution in [2.75, 3.05) is 19.0 Å². The fraction of sp³-hybridized carbons (Fsp3) is 0.444. The van der Waals surface area contributed by atoms with Crippen molar-refractivity contribution >= 4 is 16.9 Å². The van der Waals surface area contributed by atoms with Crippen molar-refractivity contribution in [2.24, 2.45) is 14.1 Å². The van der Waals surface area contributed by atoms with Gasteiger partial charge in [0, 0.05) is 28.2 Å². The van der Waals surface area contributed by atoms with E-state index in [1.54, 1.807) is 26.0 Å². The summed E-state index contributed by atoms with van der Waals surface area (Å²) < 4.78 is 2.45. The fourth-order valence-electron chi connectivity index (χ4n) is 1.66. The van der Waals surface area contributed by atoms with Crippen LogP contribution >= 0.6 is 0 Å². The first kappa shape index (κ1) is 10.5. The average Bonchev–Trinajstić information content (AvgIpc) is 2.67. The first-order chi connectivity index (χ1) is 7.45. The van der Waals surface area contributed by atoms with E-state index < -0.39 is 0 Å². The van der Waals surface area contributed by atoms with Crippen LogP contribution in [0.15, 0.2) is 9.59 Å². The highest BCUT2D eigenvalue weighted by Gasteiger charge is 2.16. The number of hydrogen-bond donors (Lipinski definition) is 1. The Bertz CT molecular complexity index is 661. The maximum absolute atomic E-state index is 12.0. The van der Waals surface area contributed by atoms with Gasteiger partial charge in [-0.2, -0.15) is 5.10 Å². The molecule has 0 aliphatic carbocycles. The van der Waals surface area contributed by atoms with Gasteiger partial charge in [0.15, 0.2) is 5.82 Å². The standard InChI is InChI=1S/C9H13N5O2/c1-12(2)6-5-7(11-10-6)13(3)9(16)14(4)8(5)15/h1-4H3,(H,10,11). The Labute approximate surface area is 90.9 Å². The van der Waals surface area contributed by atoms with Gasteiger partial charge in [-0.1, -0.05) is 0 Å². The summed E-state index contributed by atoms with van der Waals surface area (Å²) in [6.07, 6.45) is 0. The summed E-state index contributed by atoms with van der Waals surface area (Å²) in [7, 11) is 6.64. The van der Waals surface area contributed by atoms with Crippen LogP contribution in [-0.4, -0.2) is 33.4 Å². The summed E-state index contributed by atoms with van der Waals surface area (Å²) >= 11 is 0. The molecule has 0 atom stereocenters. The molecule has 0 fully saturated rings. The van der Waals surface area contributed by atoms with E-state index in [1.807, 2.05) is 0 Å². The molecule has 2 heterocycles. The summed E-state index contributed by atoms with van der Waals surface area (Å²) in [6.45, 7) is 0. The van der Waals surface area contributed by atoms with E-state index in [9.17, 15) is 9.59 Å². The van der Waals surface area contributed by atoms with Crippen molar-refractivity contribution in [3.8, 4) is 0 Å². The van der Waals surface area contributed by atoms with Gasteiger partial charge in [-0.3, -0.25) is 19.0 Å². The Hall–Kier alpha value is -2.05. The van der Waals surface area contributed by atoms with E-state index in [4.69, 9.17) is 0 Å². The Balaban J connectivity index is 3.07. The van der Waals surface area contributed by atoms with Crippen molar-refractivity contribution in [3.05, 3.63) is 20.8 Å². The number of hydrogen-bond acceptors (Lipinski definition) is 4. The SMILES string of the molecule is CN(C)c1n[nH]c2c1c(=O)n(C)c(=O)n2C. The van der Waals surface area contributed by atoms with Crippen LogP contribution in [0, 0.1) is 0 Å². The third-order valence-corrected chi connectivity index (χ3v) is 2.58. The normalized spacial score (nSPS) is 11.0. The Morgan fingerprint density at radius 3 is 2.38 bits per heavy atom. The van der Waals surface area contributed by atoms with E-state index in [0.717, 1.165) is 4.57 Å². The predicted molar refractivity (Wildman–Crippen MR) is 60.9 cm³/mol. The molecule has 0 bridgehead atoms. The molecule has 86 valence electrons. The zero-order chi connectivity index (χ0) is 12.0. The lowest BCUT2D eigenvalue weighted by molar-refractivity contribution is 0.708. The third-order valence-electron chi connectivity index (χ3n) is 2.58. The van der Waals surface area contributed by atoms with Crippen molar-refractivity contribution < 1.29 is 0 Å². The second kappa shape index (κ2) is 3.22. The number of anilines is 1. The highest BCUT2D eigenvalue weighted by atomic mass is 16.2. The lowest BCUT2D eigenvalue weighted by atomic mass is 10.3. The first-order valence-electron chi connectivity index (χ1n) is 4.76. The largest absolute Gasteiger partial charge is 0.361 e. The van der Waals surface area contributed by atoms with Gasteiger partial charge < -0.3 is 4.90 Å². The average molecular weight is 223 g/mol. The molecule has 0 aliphatic heterocycles. The van der Waals surface area contributed by atoms with Crippen LogP contribution < -0.4 is 16.1 Å². The minimum atomic E-state index is -0.369. The number of rotatable bonds is 1. The van der Waals surface area contributed by atoms with Gasteiger partial charge in [0.05, 0.1) is 0 Å². The van der Waals surface area contributed by atoms with Crippen molar-refractivity contribution in [3.63, 3.8) is 0 Å². The summed E-state index contributed by atoms with van der Waals surface area (Å²) in [5.41, 5.74) is -0.265. The molecule has 0 aromatic carbocycles. The molecule has 16 heavy (non-hydrogen) atoms. The van der Waals surface area contributed by atoms with Crippen molar-refractivity contribution in [1.29, 1.82) is 0 Å². The molecule has 0 saturated carbocycles. The van der Waals surface area contributed by atoms with E-state index in [1.165, 1.54) is 11.6 Å². The van der Waals surface area contributed by atoms with E-state index in [0.29, 0.717) is 16.9 Å².